The molecule has 0 heterocycles. The summed E-state index contributed by atoms with van der Waals surface area (Å²) < 4.78 is 15.5. The van der Waals surface area contributed by atoms with E-state index in [4.69, 9.17) is 14.2 Å². The molecular formula is C14H20O4. The average molecular weight is 252 g/mol. The molecule has 0 N–H and O–H groups in total. The summed E-state index contributed by atoms with van der Waals surface area (Å²) in [5.74, 6) is 0.738. The maximum Gasteiger partial charge on any atom is 0.313 e. The van der Waals surface area contributed by atoms with E-state index in [2.05, 4.69) is 0 Å². The normalized spacial score (nSPS) is 11.8. The number of benzene rings is 1. The molecule has 1 unspecified atom stereocenters. The molecule has 0 spiro atoms. The van der Waals surface area contributed by atoms with Crippen molar-refractivity contribution in [2.24, 2.45) is 0 Å². The van der Waals surface area contributed by atoms with Crippen LogP contribution < -0.4 is 9.47 Å². The van der Waals surface area contributed by atoms with Crippen LogP contribution in [0.2, 0.25) is 0 Å². The number of esters is 1. The van der Waals surface area contributed by atoms with Gasteiger partial charge in [0.05, 0.1) is 26.7 Å². The Kier molecular flexibility index (Phi) is 5.01. The van der Waals surface area contributed by atoms with Crippen LogP contribution >= 0.6 is 0 Å². The Balaban J connectivity index is 3.12. The number of rotatable bonds is 5. The molecule has 4 nitrogen and oxygen atoms in total. The number of aryl methyl sites for hydroxylation is 1. The zero-order valence-corrected chi connectivity index (χ0v) is 11.6. The predicted molar refractivity (Wildman–Crippen MR) is 69.3 cm³/mol. The quantitative estimate of drug-likeness (QED) is 0.756. The monoisotopic (exact) mass is 252 g/mol. The second-order valence-electron chi connectivity index (χ2n) is 4.04. The molecule has 0 saturated heterocycles. The fourth-order valence-electron chi connectivity index (χ4n) is 1.86. The highest BCUT2D eigenvalue weighted by atomic mass is 16.5. The van der Waals surface area contributed by atoms with E-state index in [0.29, 0.717) is 18.1 Å². The average Bonchev–Trinajstić information content (AvgIpc) is 2.37. The summed E-state index contributed by atoms with van der Waals surface area (Å²) in [6.07, 6.45) is 0. The third kappa shape index (κ3) is 2.94. The van der Waals surface area contributed by atoms with Crippen molar-refractivity contribution in [3.05, 3.63) is 23.3 Å². The fourth-order valence-corrected chi connectivity index (χ4v) is 1.86. The van der Waals surface area contributed by atoms with Gasteiger partial charge in [0.1, 0.15) is 0 Å². The Morgan fingerprint density at radius 1 is 1.22 bits per heavy atom. The van der Waals surface area contributed by atoms with Crippen LogP contribution in [0.4, 0.5) is 0 Å². The Labute approximate surface area is 108 Å². The van der Waals surface area contributed by atoms with Crippen molar-refractivity contribution in [2.75, 3.05) is 20.8 Å². The van der Waals surface area contributed by atoms with Crippen LogP contribution in [-0.4, -0.2) is 26.8 Å². The number of hydrogen-bond acceptors (Lipinski definition) is 4. The lowest BCUT2D eigenvalue weighted by Crippen LogP contribution is -2.14. The van der Waals surface area contributed by atoms with Crippen molar-refractivity contribution >= 4 is 5.97 Å². The van der Waals surface area contributed by atoms with E-state index in [1.165, 1.54) is 0 Å². The molecule has 0 amide bonds. The SMILES string of the molecule is CCOC(=O)C(C)c1cc(OC)c(OC)cc1C. The number of carbonyl (C=O) groups excluding carboxylic acids is 1. The lowest BCUT2D eigenvalue weighted by molar-refractivity contribution is -0.144. The highest BCUT2D eigenvalue weighted by Crippen LogP contribution is 2.33. The zero-order valence-electron chi connectivity index (χ0n) is 11.6. The summed E-state index contributed by atoms with van der Waals surface area (Å²) in [5.41, 5.74) is 1.87. The molecule has 1 rings (SSSR count). The van der Waals surface area contributed by atoms with Gasteiger partial charge in [0.2, 0.25) is 0 Å². The summed E-state index contributed by atoms with van der Waals surface area (Å²) >= 11 is 0. The summed E-state index contributed by atoms with van der Waals surface area (Å²) in [6, 6.07) is 3.69. The number of hydrogen-bond donors (Lipinski definition) is 0. The Morgan fingerprint density at radius 2 is 1.78 bits per heavy atom. The first-order chi connectivity index (χ1) is 8.54. The van der Waals surface area contributed by atoms with Gasteiger partial charge in [-0.15, -0.1) is 0 Å². The van der Waals surface area contributed by atoms with Crippen LogP contribution in [0.15, 0.2) is 12.1 Å². The van der Waals surface area contributed by atoms with Crippen LogP contribution in [0, 0.1) is 6.92 Å². The van der Waals surface area contributed by atoms with Gasteiger partial charge in [-0.3, -0.25) is 4.79 Å². The molecule has 0 aliphatic rings. The standard InChI is InChI=1S/C14H20O4/c1-6-18-14(15)10(3)11-8-13(17-5)12(16-4)7-9(11)2/h7-8,10H,6H2,1-5H3. The molecule has 0 saturated carbocycles. The molecule has 1 aromatic rings. The smallest absolute Gasteiger partial charge is 0.313 e. The minimum absolute atomic E-state index is 0.229. The van der Waals surface area contributed by atoms with Crippen molar-refractivity contribution in [1.82, 2.24) is 0 Å². The van der Waals surface area contributed by atoms with E-state index >= 15 is 0 Å². The van der Waals surface area contributed by atoms with E-state index in [1.54, 1.807) is 21.1 Å². The van der Waals surface area contributed by atoms with E-state index < -0.39 is 0 Å². The number of ether oxygens (including phenoxy) is 3. The molecule has 4 heteroatoms. The maximum absolute atomic E-state index is 11.8. The summed E-state index contributed by atoms with van der Waals surface area (Å²) in [7, 11) is 3.16. The predicted octanol–water partition coefficient (Wildman–Crippen LogP) is 2.68. The van der Waals surface area contributed by atoms with Gasteiger partial charge < -0.3 is 14.2 Å². The van der Waals surface area contributed by atoms with Crippen molar-refractivity contribution in [3.8, 4) is 11.5 Å². The van der Waals surface area contributed by atoms with Crippen LogP contribution in [-0.2, 0) is 9.53 Å². The highest BCUT2D eigenvalue weighted by molar-refractivity contribution is 5.78. The van der Waals surface area contributed by atoms with Gasteiger partial charge >= 0.3 is 5.97 Å². The molecule has 100 valence electrons. The molecule has 18 heavy (non-hydrogen) atoms. The first-order valence-electron chi connectivity index (χ1n) is 5.94. The molecule has 0 aromatic heterocycles. The summed E-state index contributed by atoms with van der Waals surface area (Å²) in [5, 5.41) is 0. The zero-order chi connectivity index (χ0) is 13.7. The van der Waals surface area contributed by atoms with Crippen molar-refractivity contribution in [2.45, 2.75) is 26.7 Å². The Hall–Kier alpha value is -1.71. The lowest BCUT2D eigenvalue weighted by atomic mass is 9.96. The van der Waals surface area contributed by atoms with Crippen molar-refractivity contribution in [1.29, 1.82) is 0 Å². The molecule has 0 bridgehead atoms. The molecule has 0 radical (unpaired) electrons. The molecule has 0 aliphatic heterocycles. The van der Waals surface area contributed by atoms with Gasteiger partial charge in [-0.1, -0.05) is 0 Å². The second-order valence-corrected chi connectivity index (χ2v) is 4.04. The van der Waals surface area contributed by atoms with E-state index in [1.807, 2.05) is 26.0 Å². The van der Waals surface area contributed by atoms with Crippen molar-refractivity contribution in [3.63, 3.8) is 0 Å². The van der Waals surface area contributed by atoms with Crippen LogP contribution in [0.1, 0.15) is 30.9 Å². The van der Waals surface area contributed by atoms with Gasteiger partial charge in [-0.05, 0) is 44.0 Å². The second kappa shape index (κ2) is 6.28. The first-order valence-corrected chi connectivity index (χ1v) is 5.94. The topological polar surface area (TPSA) is 44.8 Å². The van der Waals surface area contributed by atoms with Crippen LogP contribution in [0.5, 0.6) is 11.5 Å². The Morgan fingerprint density at radius 3 is 2.28 bits per heavy atom. The van der Waals surface area contributed by atoms with Gasteiger partial charge in [-0.25, -0.2) is 0 Å². The molecule has 1 aromatic carbocycles. The Bertz CT molecular complexity index is 426. The van der Waals surface area contributed by atoms with E-state index in [0.717, 1.165) is 11.1 Å². The van der Waals surface area contributed by atoms with Crippen molar-refractivity contribution < 1.29 is 19.0 Å². The van der Waals surface area contributed by atoms with Gasteiger partial charge in [0, 0.05) is 0 Å². The minimum atomic E-state index is -0.315. The van der Waals surface area contributed by atoms with Gasteiger partial charge in [0.15, 0.2) is 11.5 Å². The third-order valence-electron chi connectivity index (χ3n) is 2.88. The van der Waals surface area contributed by atoms with E-state index in [-0.39, 0.29) is 11.9 Å². The molecular weight excluding hydrogens is 232 g/mol. The van der Waals surface area contributed by atoms with Gasteiger partial charge in [0.25, 0.3) is 0 Å². The lowest BCUT2D eigenvalue weighted by Gasteiger charge is -2.16. The number of methoxy groups -OCH3 is 2. The van der Waals surface area contributed by atoms with Gasteiger partial charge in [-0.2, -0.15) is 0 Å². The minimum Gasteiger partial charge on any atom is -0.493 e. The molecule has 0 fully saturated rings. The first kappa shape index (κ1) is 14.4. The molecule has 0 aliphatic carbocycles. The van der Waals surface area contributed by atoms with Crippen LogP contribution in [0.25, 0.3) is 0 Å². The maximum atomic E-state index is 11.8. The van der Waals surface area contributed by atoms with E-state index in [9.17, 15) is 4.79 Å². The fraction of sp³-hybridized carbons (Fsp3) is 0.500. The summed E-state index contributed by atoms with van der Waals surface area (Å²) in [6.45, 7) is 5.95. The summed E-state index contributed by atoms with van der Waals surface area (Å²) in [4.78, 5) is 11.8. The molecule has 1 atom stereocenters. The third-order valence-corrected chi connectivity index (χ3v) is 2.88. The highest BCUT2D eigenvalue weighted by Gasteiger charge is 2.20. The van der Waals surface area contributed by atoms with Crippen LogP contribution in [0.3, 0.4) is 0 Å². The number of carbonyl (C=O) groups is 1. The largest absolute Gasteiger partial charge is 0.493 e.